The van der Waals surface area contributed by atoms with E-state index in [9.17, 15) is 14.4 Å². The first kappa shape index (κ1) is 11.1. The summed E-state index contributed by atoms with van der Waals surface area (Å²) in [6, 6.07) is 0. The molecule has 2 heterocycles. The fraction of sp³-hybridized carbons (Fsp3) is 0.333. The number of rotatable bonds is 1. The summed E-state index contributed by atoms with van der Waals surface area (Å²) in [7, 11) is 2.80. The quantitative estimate of drug-likeness (QED) is 0.700. The molecule has 0 bridgehead atoms. The van der Waals surface area contributed by atoms with E-state index in [1.807, 2.05) is 0 Å². The van der Waals surface area contributed by atoms with Crippen molar-refractivity contribution in [3.63, 3.8) is 0 Å². The van der Waals surface area contributed by atoms with Gasteiger partial charge in [-0.2, -0.15) is 0 Å². The Hall–Kier alpha value is -2.38. The van der Waals surface area contributed by atoms with Gasteiger partial charge < -0.3 is 4.52 Å². The Morgan fingerprint density at radius 2 is 1.94 bits per heavy atom. The summed E-state index contributed by atoms with van der Waals surface area (Å²) in [6.07, 6.45) is 0. The van der Waals surface area contributed by atoms with Crippen LogP contribution in [0.4, 0.5) is 5.88 Å². The molecule has 8 nitrogen and oxygen atoms in total. The van der Waals surface area contributed by atoms with E-state index in [0.717, 1.165) is 4.57 Å². The molecule has 0 radical (unpaired) electrons. The van der Waals surface area contributed by atoms with Crippen molar-refractivity contribution in [2.75, 3.05) is 5.32 Å². The molecule has 17 heavy (non-hydrogen) atoms. The highest BCUT2D eigenvalue weighted by atomic mass is 16.5. The summed E-state index contributed by atoms with van der Waals surface area (Å²) in [5, 5.41) is 6.01. The normalized spacial score (nSPS) is 10.8. The van der Waals surface area contributed by atoms with Crippen LogP contribution in [0.15, 0.2) is 14.1 Å². The number of aryl methyl sites for hydroxylation is 1. The smallest absolute Gasteiger partial charge is 0.332 e. The molecule has 0 aromatic carbocycles. The number of aromatic nitrogens is 3. The maximum Gasteiger partial charge on any atom is 0.332 e. The molecule has 1 amide bonds. The van der Waals surface area contributed by atoms with Crippen LogP contribution in [0.5, 0.6) is 0 Å². The Kier molecular flexibility index (Phi) is 2.34. The molecule has 0 aliphatic heterocycles. The van der Waals surface area contributed by atoms with Crippen LogP contribution >= 0.6 is 0 Å². The molecule has 0 unspecified atom stereocenters. The van der Waals surface area contributed by atoms with Crippen LogP contribution in [-0.2, 0) is 18.9 Å². The third kappa shape index (κ3) is 1.53. The molecule has 8 heteroatoms. The standard InChI is InChI=1S/C9H10N4O4/c1-4(14)10-7-5-6(11-17-7)12(2)9(16)13(3)8(5)15/h1-3H3,(H,10,14). The van der Waals surface area contributed by atoms with Gasteiger partial charge in [0.2, 0.25) is 11.8 Å². The van der Waals surface area contributed by atoms with Crippen molar-refractivity contribution in [2.24, 2.45) is 14.1 Å². The lowest BCUT2D eigenvalue weighted by Crippen LogP contribution is -2.37. The summed E-state index contributed by atoms with van der Waals surface area (Å²) >= 11 is 0. The molecule has 0 saturated carbocycles. The molecular weight excluding hydrogens is 228 g/mol. The third-order valence-corrected chi connectivity index (χ3v) is 2.37. The molecule has 2 aromatic heterocycles. The molecule has 2 aromatic rings. The van der Waals surface area contributed by atoms with Crippen molar-refractivity contribution in [3.8, 4) is 0 Å². The zero-order chi connectivity index (χ0) is 12.7. The van der Waals surface area contributed by atoms with Gasteiger partial charge >= 0.3 is 5.69 Å². The number of hydrogen-bond donors (Lipinski definition) is 1. The van der Waals surface area contributed by atoms with Gasteiger partial charge in [0.15, 0.2) is 5.65 Å². The summed E-state index contributed by atoms with van der Waals surface area (Å²) in [6.45, 7) is 1.28. The highest BCUT2D eigenvalue weighted by molar-refractivity contribution is 5.96. The van der Waals surface area contributed by atoms with Crippen molar-refractivity contribution in [2.45, 2.75) is 6.92 Å². The van der Waals surface area contributed by atoms with Gasteiger partial charge in [-0.1, -0.05) is 5.16 Å². The van der Waals surface area contributed by atoms with E-state index in [2.05, 4.69) is 10.5 Å². The zero-order valence-electron chi connectivity index (χ0n) is 9.47. The number of amides is 1. The Morgan fingerprint density at radius 3 is 2.53 bits per heavy atom. The van der Waals surface area contributed by atoms with E-state index in [0.29, 0.717) is 0 Å². The minimum absolute atomic E-state index is 0.0521. The van der Waals surface area contributed by atoms with Gasteiger partial charge in [0.25, 0.3) is 5.56 Å². The zero-order valence-corrected chi connectivity index (χ0v) is 9.47. The number of hydrogen-bond acceptors (Lipinski definition) is 5. The van der Waals surface area contributed by atoms with Gasteiger partial charge in [0, 0.05) is 21.0 Å². The van der Waals surface area contributed by atoms with E-state index < -0.39 is 11.2 Å². The highest BCUT2D eigenvalue weighted by Crippen LogP contribution is 2.17. The minimum atomic E-state index is -0.562. The Morgan fingerprint density at radius 1 is 1.29 bits per heavy atom. The predicted molar refractivity (Wildman–Crippen MR) is 58.8 cm³/mol. The fourth-order valence-corrected chi connectivity index (χ4v) is 1.52. The van der Waals surface area contributed by atoms with Crippen LogP contribution in [0.3, 0.4) is 0 Å². The molecule has 2 rings (SSSR count). The molecule has 0 aliphatic carbocycles. The van der Waals surface area contributed by atoms with E-state index in [1.54, 1.807) is 0 Å². The SMILES string of the molecule is CC(=O)Nc1onc2c1c(=O)n(C)c(=O)n2C. The monoisotopic (exact) mass is 238 g/mol. The second-order valence-corrected chi connectivity index (χ2v) is 3.60. The molecule has 0 aliphatic rings. The largest absolute Gasteiger partial charge is 0.335 e. The lowest BCUT2D eigenvalue weighted by molar-refractivity contribution is -0.114. The topological polar surface area (TPSA) is 99.1 Å². The third-order valence-electron chi connectivity index (χ3n) is 2.37. The number of fused-ring (bicyclic) bond motifs is 1. The van der Waals surface area contributed by atoms with Crippen LogP contribution < -0.4 is 16.6 Å². The highest BCUT2D eigenvalue weighted by Gasteiger charge is 2.18. The van der Waals surface area contributed by atoms with Crippen molar-refractivity contribution in [3.05, 3.63) is 20.8 Å². The Bertz CT molecular complexity index is 721. The molecule has 0 fully saturated rings. The molecule has 0 saturated heterocycles. The molecule has 90 valence electrons. The van der Waals surface area contributed by atoms with Crippen LogP contribution in [0.25, 0.3) is 11.0 Å². The number of nitrogens with zero attached hydrogens (tertiary/aromatic N) is 3. The maximum atomic E-state index is 11.9. The van der Waals surface area contributed by atoms with Gasteiger partial charge in [-0.15, -0.1) is 0 Å². The van der Waals surface area contributed by atoms with Crippen LogP contribution in [0.2, 0.25) is 0 Å². The Balaban J connectivity index is 2.90. The summed E-state index contributed by atoms with van der Waals surface area (Å²) in [5.41, 5.74) is -0.972. The summed E-state index contributed by atoms with van der Waals surface area (Å²) < 4.78 is 6.94. The van der Waals surface area contributed by atoms with Crippen molar-refractivity contribution >= 4 is 22.8 Å². The van der Waals surface area contributed by atoms with E-state index in [-0.39, 0.29) is 22.8 Å². The first-order valence-electron chi connectivity index (χ1n) is 4.76. The predicted octanol–water partition coefficient (Wildman–Crippen LogP) is -0.816. The molecular formula is C9H10N4O4. The average Bonchev–Trinajstić information content (AvgIpc) is 2.66. The second-order valence-electron chi connectivity index (χ2n) is 3.60. The Labute approximate surface area is 94.4 Å². The number of carbonyl (C=O) groups is 1. The fourth-order valence-electron chi connectivity index (χ4n) is 1.52. The van der Waals surface area contributed by atoms with Gasteiger partial charge in [-0.25, -0.2) is 4.79 Å². The summed E-state index contributed by atoms with van der Waals surface area (Å²) in [4.78, 5) is 34.4. The first-order valence-corrected chi connectivity index (χ1v) is 4.76. The van der Waals surface area contributed by atoms with Crippen molar-refractivity contribution in [1.82, 2.24) is 14.3 Å². The van der Waals surface area contributed by atoms with Crippen LogP contribution in [-0.4, -0.2) is 20.2 Å². The number of anilines is 1. The minimum Gasteiger partial charge on any atom is -0.335 e. The molecule has 0 atom stereocenters. The maximum absolute atomic E-state index is 11.9. The number of nitrogens with one attached hydrogen (secondary N) is 1. The van der Waals surface area contributed by atoms with Gasteiger partial charge in [-0.3, -0.25) is 24.0 Å². The van der Waals surface area contributed by atoms with E-state index in [1.165, 1.54) is 25.6 Å². The average molecular weight is 238 g/mol. The lowest BCUT2D eigenvalue weighted by Gasteiger charge is -2.01. The molecule has 1 N–H and O–H groups in total. The van der Waals surface area contributed by atoms with E-state index >= 15 is 0 Å². The van der Waals surface area contributed by atoms with Gasteiger partial charge in [-0.05, 0) is 0 Å². The van der Waals surface area contributed by atoms with Gasteiger partial charge in [0.05, 0.1) is 0 Å². The van der Waals surface area contributed by atoms with Crippen LogP contribution in [0.1, 0.15) is 6.92 Å². The van der Waals surface area contributed by atoms with Crippen LogP contribution in [0, 0.1) is 0 Å². The van der Waals surface area contributed by atoms with Crippen molar-refractivity contribution < 1.29 is 9.32 Å². The number of carbonyl (C=O) groups excluding carboxylic acids is 1. The van der Waals surface area contributed by atoms with Gasteiger partial charge in [0.1, 0.15) is 5.39 Å². The second kappa shape index (κ2) is 3.58. The van der Waals surface area contributed by atoms with E-state index in [4.69, 9.17) is 4.52 Å². The molecule has 0 spiro atoms. The summed E-state index contributed by atoms with van der Waals surface area (Å²) in [5.74, 6) is -0.442. The first-order chi connectivity index (χ1) is 7.93. The van der Waals surface area contributed by atoms with Crippen molar-refractivity contribution in [1.29, 1.82) is 0 Å². The lowest BCUT2D eigenvalue weighted by atomic mass is 10.4.